The second kappa shape index (κ2) is 6.61. The lowest BCUT2D eigenvalue weighted by atomic mass is 10.8. The van der Waals surface area contributed by atoms with Gasteiger partial charge < -0.3 is 9.57 Å². The summed E-state index contributed by atoms with van der Waals surface area (Å²) in [7, 11) is 0. The van der Waals surface area contributed by atoms with Crippen molar-refractivity contribution in [1.29, 1.82) is 0 Å². The molecule has 0 rings (SSSR count). The highest BCUT2D eigenvalue weighted by Crippen LogP contribution is 1.85. The number of carbonyl (C=O) groups is 3. The molecule has 0 bridgehead atoms. The molecule has 13 heavy (non-hydrogen) atoms. The first kappa shape index (κ1) is 12.1. The highest BCUT2D eigenvalue weighted by molar-refractivity contribution is 7.81. The molecule has 0 unspecified atom stereocenters. The number of nitrogens with one attached hydrogen (secondary N) is 1. The predicted octanol–water partition coefficient (Wildman–Crippen LogP) is -0.443. The Morgan fingerprint density at radius 3 is 2.08 bits per heavy atom. The highest BCUT2D eigenvalue weighted by Gasteiger charge is 2.09. The van der Waals surface area contributed by atoms with Gasteiger partial charge in [0.15, 0.2) is 0 Å². The molecule has 0 aromatic rings. The summed E-state index contributed by atoms with van der Waals surface area (Å²) in [5.41, 5.74) is 1.58. The lowest BCUT2D eigenvalue weighted by Gasteiger charge is -2.02. The molecule has 74 valence electrons. The molecule has 0 spiro atoms. The summed E-state index contributed by atoms with van der Waals surface area (Å²) in [4.78, 5) is 35.4. The van der Waals surface area contributed by atoms with Crippen molar-refractivity contribution in [2.45, 2.75) is 0 Å². The molecule has 0 aliphatic heterocycles. The number of amides is 1. The lowest BCUT2D eigenvalue weighted by molar-refractivity contribution is -0.148. The molecule has 6 nitrogen and oxygen atoms in total. The Bertz CT molecular complexity index is 219. The minimum Gasteiger partial charge on any atom is -0.374 e. The Morgan fingerprint density at radius 2 is 1.62 bits per heavy atom. The van der Waals surface area contributed by atoms with E-state index in [1.807, 2.05) is 0 Å². The lowest BCUT2D eigenvalue weighted by Crippen LogP contribution is -2.30. The number of thiol groups is 2. The molecule has 0 saturated heterocycles. The van der Waals surface area contributed by atoms with Crippen LogP contribution in [0, 0.1) is 0 Å². The summed E-state index contributed by atoms with van der Waals surface area (Å²) in [6, 6.07) is 0. The monoisotopic (exact) mass is 225 g/mol. The van der Waals surface area contributed by atoms with Crippen LogP contribution in [-0.4, -0.2) is 29.5 Å². The maximum atomic E-state index is 10.5. The van der Waals surface area contributed by atoms with E-state index < -0.39 is 18.0 Å². The zero-order valence-electron chi connectivity index (χ0n) is 6.35. The van der Waals surface area contributed by atoms with Crippen LogP contribution >= 0.6 is 25.3 Å². The summed E-state index contributed by atoms with van der Waals surface area (Å²) in [6.45, 7) is 0. The minimum atomic E-state index is -1.17. The minimum absolute atomic E-state index is 0.194. The first-order valence-corrected chi connectivity index (χ1v) is 4.28. The van der Waals surface area contributed by atoms with E-state index in [1.54, 1.807) is 5.48 Å². The molecule has 0 heterocycles. The van der Waals surface area contributed by atoms with E-state index in [2.05, 4.69) is 34.8 Å². The van der Waals surface area contributed by atoms with E-state index in [0.717, 1.165) is 0 Å². The van der Waals surface area contributed by atoms with Gasteiger partial charge in [0.1, 0.15) is 0 Å². The zero-order valence-corrected chi connectivity index (χ0v) is 8.14. The summed E-state index contributed by atoms with van der Waals surface area (Å²) in [5, 5.41) is 0. The number of hydrogen-bond acceptors (Lipinski definition) is 7. The van der Waals surface area contributed by atoms with Crippen molar-refractivity contribution < 1.29 is 24.0 Å². The fourth-order valence-corrected chi connectivity index (χ4v) is 0.416. The largest absolute Gasteiger partial charge is 0.448 e. The van der Waals surface area contributed by atoms with Crippen LogP contribution in [0.3, 0.4) is 0 Å². The number of rotatable bonds is 2. The van der Waals surface area contributed by atoms with Crippen LogP contribution in [0.25, 0.3) is 0 Å². The number of ether oxygens (including phenoxy) is 1. The number of hydroxylamine groups is 1. The van der Waals surface area contributed by atoms with E-state index >= 15 is 0 Å². The van der Waals surface area contributed by atoms with Crippen LogP contribution in [0.1, 0.15) is 0 Å². The van der Waals surface area contributed by atoms with Crippen molar-refractivity contribution in [2.75, 3.05) is 11.5 Å². The molecule has 1 N–H and O–H groups in total. The van der Waals surface area contributed by atoms with Gasteiger partial charge in [0.05, 0.1) is 11.5 Å². The van der Waals surface area contributed by atoms with Gasteiger partial charge in [-0.05, 0) is 0 Å². The third-order valence-electron chi connectivity index (χ3n) is 0.713. The average Bonchev–Trinajstić information content (AvgIpc) is 2.13. The normalized spacial score (nSPS) is 8.77. The topological polar surface area (TPSA) is 81.7 Å². The number of esters is 1. The van der Waals surface area contributed by atoms with E-state index in [0.29, 0.717) is 0 Å². The molecular weight excluding hydrogens is 218 g/mol. The summed E-state index contributed by atoms with van der Waals surface area (Å²) < 4.78 is 4.03. The Labute approximate surface area is 84.7 Å². The molecule has 1 amide bonds. The summed E-state index contributed by atoms with van der Waals surface area (Å²) >= 11 is 7.10. The van der Waals surface area contributed by atoms with Gasteiger partial charge in [-0.15, -0.1) is 5.48 Å². The van der Waals surface area contributed by atoms with Crippen LogP contribution in [0.4, 0.5) is 4.79 Å². The Morgan fingerprint density at radius 1 is 1.08 bits per heavy atom. The fraction of sp³-hybridized carbons (Fsp3) is 0.400. The molecule has 0 radical (unpaired) electrons. The first-order chi connectivity index (χ1) is 6.10. The van der Waals surface area contributed by atoms with E-state index in [4.69, 9.17) is 0 Å². The van der Waals surface area contributed by atoms with E-state index in [-0.39, 0.29) is 11.5 Å². The molecule has 0 aliphatic rings. The Kier molecular flexibility index (Phi) is 6.15. The maximum absolute atomic E-state index is 10.5. The van der Waals surface area contributed by atoms with Gasteiger partial charge in [-0.1, -0.05) is 0 Å². The molecule has 8 heteroatoms. The van der Waals surface area contributed by atoms with Gasteiger partial charge in [-0.25, -0.2) is 9.59 Å². The third kappa shape index (κ3) is 6.29. The van der Waals surface area contributed by atoms with Crippen molar-refractivity contribution in [3.8, 4) is 0 Å². The molecule has 0 aromatic carbocycles. The second-order valence-corrected chi connectivity index (χ2v) is 2.29. The highest BCUT2D eigenvalue weighted by atomic mass is 32.1. The van der Waals surface area contributed by atoms with Crippen molar-refractivity contribution >= 4 is 43.3 Å². The molecular formula is C5H7NO5S2. The Hall–Kier alpha value is -0.890. The predicted molar refractivity (Wildman–Crippen MR) is 48.4 cm³/mol. The van der Waals surface area contributed by atoms with Crippen LogP contribution in [0.5, 0.6) is 0 Å². The van der Waals surface area contributed by atoms with Crippen molar-refractivity contribution in [3.05, 3.63) is 0 Å². The van der Waals surface area contributed by atoms with Crippen molar-refractivity contribution in [3.63, 3.8) is 0 Å². The van der Waals surface area contributed by atoms with Gasteiger partial charge in [0.25, 0.3) is 0 Å². The standard InChI is InChI=1S/C5H7NO5S2/c7-3(1-12)10-5(9)6-11-4(8)2-13/h12-13H,1-2H2,(H,6,9). The molecule has 0 saturated carbocycles. The SMILES string of the molecule is O=C(CS)ONC(=O)OC(=O)CS. The van der Waals surface area contributed by atoms with E-state index in [9.17, 15) is 14.4 Å². The van der Waals surface area contributed by atoms with Gasteiger partial charge in [0, 0.05) is 0 Å². The first-order valence-electron chi connectivity index (χ1n) is 3.02. The Balaban J connectivity index is 3.63. The third-order valence-corrected chi connectivity index (χ3v) is 1.23. The average molecular weight is 225 g/mol. The second-order valence-electron chi connectivity index (χ2n) is 1.65. The summed E-state index contributed by atoms with van der Waals surface area (Å²) in [5.74, 6) is -2.05. The van der Waals surface area contributed by atoms with Crippen LogP contribution in [0.2, 0.25) is 0 Å². The van der Waals surface area contributed by atoms with Crippen LogP contribution < -0.4 is 5.48 Å². The number of hydrogen-bond donors (Lipinski definition) is 3. The summed E-state index contributed by atoms with van der Waals surface area (Å²) in [6.07, 6.45) is -1.17. The van der Waals surface area contributed by atoms with E-state index in [1.165, 1.54) is 0 Å². The van der Waals surface area contributed by atoms with Gasteiger partial charge in [-0.2, -0.15) is 25.3 Å². The fourth-order valence-electron chi connectivity index (χ4n) is 0.287. The zero-order chi connectivity index (χ0) is 10.3. The van der Waals surface area contributed by atoms with Gasteiger partial charge in [0.2, 0.25) is 0 Å². The van der Waals surface area contributed by atoms with Gasteiger partial charge >= 0.3 is 18.0 Å². The maximum Gasteiger partial charge on any atom is 0.448 e. The molecule has 0 fully saturated rings. The molecule has 0 aliphatic carbocycles. The van der Waals surface area contributed by atoms with Crippen molar-refractivity contribution in [1.82, 2.24) is 5.48 Å². The number of carbonyl (C=O) groups excluding carboxylic acids is 3. The van der Waals surface area contributed by atoms with Crippen molar-refractivity contribution in [2.24, 2.45) is 0 Å². The van der Waals surface area contributed by atoms with Crippen LogP contribution in [0.15, 0.2) is 0 Å². The molecule has 0 aromatic heterocycles. The quantitative estimate of drug-likeness (QED) is 0.257. The smallest absolute Gasteiger partial charge is 0.374 e. The molecule has 0 atom stereocenters. The van der Waals surface area contributed by atoms with Crippen LogP contribution in [-0.2, 0) is 19.2 Å². The van der Waals surface area contributed by atoms with Gasteiger partial charge in [-0.3, -0.25) is 4.79 Å².